The van der Waals surface area contributed by atoms with Gasteiger partial charge in [-0.2, -0.15) is 0 Å². The van der Waals surface area contributed by atoms with Crippen molar-refractivity contribution in [3.63, 3.8) is 0 Å². The molecule has 1 aliphatic rings. The Morgan fingerprint density at radius 3 is 2.29 bits per heavy atom. The van der Waals surface area contributed by atoms with Crippen LogP contribution in [0.4, 0.5) is 0 Å². The summed E-state index contributed by atoms with van der Waals surface area (Å²) < 4.78 is 5.28. The minimum absolute atomic E-state index is 0.00190. The fourth-order valence-electron chi connectivity index (χ4n) is 1.82. The zero-order valence-electron chi connectivity index (χ0n) is 7.78. The second-order valence-electron chi connectivity index (χ2n) is 3.71. The Kier molecular flexibility index (Phi) is 2.27. The molecule has 0 unspecified atom stereocenters. The summed E-state index contributed by atoms with van der Waals surface area (Å²) in [5, 5.41) is 9.06. The third-order valence-corrected chi connectivity index (χ3v) is 2.68. The minimum Gasteiger partial charge on any atom is -0.501 e. The van der Waals surface area contributed by atoms with E-state index in [-0.39, 0.29) is 11.9 Å². The maximum Gasteiger partial charge on any atom is 0.275 e. The molecular weight excluding hydrogens is 184 g/mol. The van der Waals surface area contributed by atoms with Gasteiger partial charge in [-0.15, -0.1) is 0 Å². The summed E-state index contributed by atoms with van der Waals surface area (Å²) in [5.41, 5.74) is -1.51. The average Bonchev–Trinajstić information content (AvgIpc) is 2.26. The predicted molar refractivity (Wildman–Crippen MR) is 50.5 cm³/mol. The zero-order chi connectivity index (χ0) is 10.1. The molecule has 1 fully saturated rings. The minimum atomic E-state index is -0.823. The average molecular weight is 196 g/mol. The van der Waals surface area contributed by atoms with Crippen LogP contribution in [0.15, 0.2) is 9.59 Å². The van der Waals surface area contributed by atoms with E-state index in [1.807, 2.05) is 0 Å². The Morgan fingerprint density at radius 1 is 1.07 bits per heavy atom. The van der Waals surface area contributed by atoms with Crippen LogP contribution in [0, 0.1) is 0 Å². The molecule has 0 spiro atoms. The molecule has 1 saturated carbocycles. The van der Waals surface area contributed by atoms with Crippen LogP contribution in [0.2, 0.25) is 0 Å². The van der Waals surface area contributed by atoms with Gasteiger partial charge >= 0.3 is 0 Å². The van der Waals surface area contributed by atoms with Crippen molar-refractivity contribution >= 4 is 0 Å². The van der Waals surface area contributed by atoms with Crippen molar-refractivity contribution in [1.82, 2.24) is 0 Å². The summed E-state index contributed by atoms with van der Waals surface area (Å²) in [6, 6.07) is 0. The molecule has 1 aliphatic carbocycles. The van der Waals surface area contributed by atoms with Gasteiger partial charge in [0.15, 0.2) is 0 Å². The molecule has 4 nitrogen and oxygen atoms in total. The molecule has 0 heterocycles. The van der Waals surface area contributed by atoms with E-state index in [1.54, 1.807) is 0 Å². The first kappa shape index (κ1) is 9.24. The van der Waals surface area contributed by atoms with E-state index in [1.165, 1.54) is 6.42 Å². The molecule has 1 N–H and O–H groups in total. The molecule has 0 bridgehead atoms. The summed E-state index contributed by atoms with van der Waals surface area (Å²) in [6.07, 6.45) is 5.16. The second-order valence-corrected chi connectivity index (χ2v) is 3.71. The molecule has 0 aliphatic heterocycles. The van der Waals surface area contributed by atoms with E-state index < -0.39 is 16.6 Å². The summed E-state index contributed by atoms with van der Waals surface area (Å²) >= 11 is 0. The van der Waals surface area contributed by atoms with Crippen molar-refractivity contribution in [2.45, 2.75) is 38.2 Å². The molecule has 4 heteroatoms. The van der Waals surface area contributed by atoms with Gasteiger partial charge in [-0.3, -0.25) is 9.59 Å². The molecule has 2 rings (SSSR count). The number of aromatic hydroxyl groups is 1. The van der Waals surface area contributed by atoms with Gasteiger partial charge in [-0.1, -0.05) is 6.42 Å². The van der Waals surface area contributed by atoms with Gasteiger partial charge < -0.3 is 9.84 Å². The van der Waals surface area contributed by atoms with Crippen molar-refractivity contribution in [2.75, 3.05) is 0 Å². The van der Waals surface area contributed by atoms with E-state index in [0.717, 1.165) is 25.7 Å². The Bertz CT molecular complexity index is 394. The van der Waals surface area contributed by atoms with Gasteiger partial charge in [0.25, 0.3) is 10.9 Å². The summed E-state index contributed by atoms with van der Waals surface area (Å²) in [5.74, 6) is -0.623. The normalized spacial score (nSPS) is 18.6. The summed E-state index contributed by atoms with van der Waals surface area (Å²) in [6.45, 7) is 0. The smallest absolute Gasteiger partial charge is 0.275 e. The van der Waals surface area contributed by atoms with Gasteiger partial charge in [-0.05, 0) is 25.7 Å². The van der Waals surface area contributed by atoms with Crippen LogP contribution in [0.3, 0.4) is 0 Å². The van der Waals surface area contributed by atoms with Crippen LogP contribution in [-0.4, -0.2) is 11.2 Å². The molecule has 1 aromatic rings. The number of hydrogen-bond acceptors (Lipinski definition) is 4. The first-order valence-electron chi connectivity index (χ1n) is 4.89. The van der Waals surface area contributed by atoms with E-state index in [9.17, 15) is 9.59 Å². The van der Waals surface area contributed by atoms with E-state index in [0.29, 0.717) is 0 Å². The van der Waals surface area contributed by atoms with Gasteiger partial charge in [-0.25, -0.2) is 0 Å². The van der Waals surface area contributed by atoms with Crippen LogP contribution >= 0.6 is 0 Å². The third-order valence-electron chi connectivity index (χ3n) is 2.68. The lowest BCUT2D eigenvalue weighted by molar-refractivity contribution is 0.145. The highest BCUT2D eigenvalue weighted by Gasteiger charge is 2.25. The SMILES string of the molecule is O=c1c(O)c(OC2CCCCC2)c1=O. The quantitative estimate of drug-likeness (QED) is 0.707. The first-order chi connectivity index (χ1) is 6.70. The van der Waals surface area contributed by atoms with Crippen molar-refractivity contribution < 1.29 is 9.84 Å². The zero-order valence-corrected chi connectivity index (χ0v) is 7.78. The molecule has 0 aromatic heterocycles. The van der Waals surface area contributed by atoms with Crippen molar-refractivity contribution in [1.29, 1.82) is 0 Å². The summed E-state index contributed by atoms with van der Waals surface area (Å²) in [4.78, 5) is 21.6. The van der Waals surface area contributed by atoms with Crippen molar-refractivity contribution in [3.05, 3.63) is 20.4 Å². The topological polar surface area (TPSA) is 63.6 Å². The van der Waals surface area contributed by atoms with Crippen molar-refractivity contribution in [2.24, 2.45) is 0 Å². The maximum absolute atomic E-state index is 11.0. The van der Waals surface area contributed by atoms with Crippen molar-refractivity contribution in [3.8, 4) is 11.5 Å². The summed E-state index contributed by atoms with van der Waals surface area (Å²) in [7, 11) is 0. The predicted octanol–water partition coefficient (Wildman–Crippen LogP) is 0.700. The lowest BCUT2D eigenvalue weighted by Gasteiger charge is -2.23. The lowest BCUT2D eigenvalue weighted by Crippen LogP contribution is -2.34. The monoisotopic (exact) mass is 196 g/mol. The number of ether oxygens (including phenoxy) is 1. The molecule has 0 amide bonds. The van der Waals surface area contributed by atoms with Gasteiger partial charge in [0.05, 0.1) is 6.10 Å². The fourth-order valence-corrected chi connectivity index (χ4v) is 1.82. The van der Waals surface area contributed by atoms with Gasteiger partial charge in [0.2, 0.25) is 11.5 Å². The molecule has 0 radical (unpaired) electrons. The van der Waals surface area contributed by atoms with Gasteiger partial charge in [0, 0.05) is 0 Å². The van der Waals surface area contributed by atoms with E-state index in [4.69, 9.17) is 9.84 Å². The van der Waals surface area contributed by atoms with Crippen LogP contribution < -0.4 is 15.6 Å². The number of rotatable bonds is 2. The molecular formula is C10H12O4. The Morgan fingerprint density at radius 2 is 1.71 bits per heavy atom. The largest absolute Gasteiger partial charge is 0.501 e. The standard InChI is InChI=1S/C10H12O4/c11-7-8(12)10(9(7)13)14-6-4-2-1-3-5-6/h6,12H,1-5H2. The molecule has 14 heavy (non-hydrogen) atoms. The molecule has 76 valence electrons. The highest BCUT2D eigenvalue weighted by molar-refractivity contribution is 5.44. The number of hydrogen-bond donors (Lipinski definition) is 1. The first-order valence-corrected chi connectivity index (χ1v) is 4.89. The highest BCUT2D eigenvalue weighted by Crippen LogP contribution is 2.25. The second kappa shape index (κ2) is 3.44. The molecule has 0 saturated heterocycles. The molecule has 1 aromatic carbocycles. The van der Waals surface area contributed by atoms with E-state index >= 15 is 0 Å². The van der Waals surface area contributed by atoms with Crippen LogP contribution in [-0.2, 0) is 0 Å². The van der Waals surface area contributed by atoms with Crippen LogP contribution in [0.5, 0.6) is 11.5 Å². The lowest BCUT2D eigenvalue weighted by atomic mass is 9.98. The van der Waals surface area contributed by atoms with Crippen LogP contribution in [0.1, 0.15) is 32.1 Å². The Hall–Kier alpha value is -1.32. The third kappa shape index (κ3) is 1.41. The van der Waals surface area contributed by atoms with Crippen LogP contribution in [0.25, 0.3) is 0 Å². The Balaban J connectivity index is 2.04. The maximum atomic E-state index is 11.0. The van der Waals surface area contributed by atoms with Gasteiger partial charge in [0.1, 0.15) is 0 Å². The fraction of sp³-hybridized carbons (Fsp3) is 0.600. The molecule has 0 atom stereocenters. The Labute approximate surface area is 80.8 Å². The van der Waals surface area contributed by atoms with E-state index in [2.05, 4.69) is 0 Å². The highest BCUT2D eigenvalue weighted by atomic mass is 16.5.